The smallest absolute Gasteiger partial charge is 0.224 e. The first-order chi connectivity index (χ1) is 11.0. The van der Waals surface area contributed by atoms with Crippen molar-refractivity contribution in [3.05, 3.63) is 29.8 Å². The molecule has 6 nitrogen and oxygen atoms in total. The molecule has 0 radical (unpaired) electrons. The van der Waals surface area contributed by atoms with Crippen LogP contribution in [0.25, 0.3) is 0 Å². The first-order valence-electron chi connectivity index (χ1n) is 7.85. The Bertz CT molecular complexity index is 593. The maximum absolute atomic E-state index is 12.1. The zero-order chi connectivity index (χ0) is 16.8. The molecule has 124 valence electrons. The van der Waals surface area contributed by atoms with Crippen LogP contribution in [0.3, 0.4) is 0 Å². The molecule has 6 heteroatoms. The number of rotatable bonds is 4. The van der Waals surface area contributed by atoms with Gasteiger partial charge in [0.15, 0.2) is 0 Å². The molecule has 3 amide bonds. The van der Waals surface area contributed by atoms with Crippen LogP contribution in [0.15, 0.2) is 24.3 Å². The minimum Gasteiger partial charge on any atom is -0.339 e. The lowest BCUT2D eigenvalue weighted by atomic mass is 10.2. The minimum atomic E-state index is -0.161. The van der Waals surface area contributed by atoms with Crippen LogP contribution in [-0.4, -0.2) is 53.7 Å². The topological polar surface area (TPSA) is 69.7 Å². The first-order valence-corrected chi connectivity index (χ1v) is 7.85. The monoisotopic (exact) mass is 317 g/mol. The first kappa shape index (κ1) is 17.0. The Hall–Kier alpha value is -2.37. The van der Waals surface area contributed by atoms with Crippen molar-refractivity contribution < 1.29 is 14.4 Å². The van der Waals surface area contributed by atoms with E-state index in [1.165, 1.54) is 6.92 Å². The number of hydrogen-bond acceptors (Lipinski definition) is 3. The summed E-state index contributed by atoms with van der Waals surface area (Å²) in [7, 11) is 0. The molecule has 1 aromatic carbocycles. The van der Waals surface area contributed by atoms with E-state index in [2.05, 4.69) is 5.32 Å². The fourth-order valence-electron chi connectivity index (χ4n) is 2.60. The van der Waals surface area contributed by atoms with E-state index in [0.717, 1.165) is 11.3 Å². The molecule has 1 aromatic rings. The number of benzene rings is 1. The third-order valence-corrected chi connectivity index (χ3v) is 3.95. The number of anilines is 1. The van der Waals surface area contributed by atoms with Crippen LogP contribution in [0.1, 0.15) is 25.3 Å². The van der Waals surface area contributed by atoms with Crippen LogP contribution in [0.4, 0.5) is 5.69 Å². The van der Waals surface area contributed by atoms with E-state index in [4.69, 9.17) is 0 Å². The molecule has 0 spiro atoms. The molecule has 0 aliphatic carbocycles. The summed E-state index contributed by atoms with van der Waals surface area (Å²) >= 11 is 0. The maximum atomic E-state index is 12.1. The van der Waals surface area contributed by atoms with Gasteiger partial charge in [-0.05, 0) is 24.6 Å². The van der Waals surface area contributed by atoms with Gasteiger partial charge in [-0.15, -0.1) is 0 Å². The molecule has 1 aliphatic heterocycles. The standard InChI is InChI=1S/C17H23N3O3/c1-13-4-3-5-15(12-13)18-16(22)6-7-17(23)20-10-8-19(9-11-20)14(2)21/h3-5,12H,6-11H2,1-2H3,(H,18,22). The lowest BCUT2D eigenvalue weighted by Crippen LogP contribution is -2.50. The van der Waals surface area contributed by atoms with Gasteiger partial charge in [0.05, 0.1) is 0 Å². The van der Waals surface area contributed by atoms with Gasteiger partial charge in [0.2, 0.25) is 17.7 Å². The molecule has 2 rings (SSSR count). The van der Waals surface area contributed by atoms with E-state index >= 15 is 0 Å². The SMILES string of the molecule is CC(=O)N1CCN(C(=O)CCC(=O)Nc2cccc(C)c2)CC1. The second-order valence-electron chi connectivity index (χ2n) is 5.80. The van der Waals surface area contributed by atoms with E-state index in [1.54, 1.807) is 9.80 Å². The van der Waals surface area contributed by atoms with E-state index in [0.29, 0.717) is 26.2 Å². The van der Waals surface area contributed by atoms with Crippen LogP contribution in [-0.2, 0) is 14.4 Å². The van der Waals surface area contributed by atoms with Crippen molar-refractivity contribution >= 4 is 23.4 Å². The molecule has 0 unspecified atom stereocenters. The third-order valence-electron chi connectivity index (χ3n) is 3.95. The number of hydrogen-bond donors (Lipinski definition) is 1. The Kier molecular flexibility index (Phi) is 5.73. The summed E-state index contributed by atoms with van der Waals surface area (Å²) in [5.74, 6) is -0.159. The molecule has 0 atom stereocenters. The Morgan fingerprint density at radius 3 is 2.30 bits per heavy atom. The second-order valence-corrected chi connectivity index (χ2v) is 5.80. The number of nitrogens with zero attached hydrogens (tertiary/aromatic N) is 2. The average Bonchev–Trinajstić information content (AvgIpc) is 2.52. The molecule has 23 heavy (non-hydrogen) atoms. The van der Waals surface area contributed by atoms with Crippen molar-refractivity contribution in [2.75, 3.05) is 31.5 Å². The van der Waals surface area contributed by atoms with Crippen LogP contribution < -0.4 is 5.32 Å². The van der Waals surface area contributed by atoms with Crippen molar-refractivity contribution in [3.63, 3.8) is 0 Å². The Morgan fingerprint density at radius 2 is 1.70 bits per heavy atom. The molecule has 1 fully saturated rings. The Labute approximate surface area is 136 Å². The van der Waals surface area contributed by atoms with Gasteiger partial charge in [0.25, 0.3) is 0 Å². The van der Waals surface area contributed by atoms with Crippen molar-refractivity contribution in [1.29, 1.82) is 0 Å². The zero-order valence-electron chi connectivity index (χ0n) is 13.7. The van der Waals surface area contributed by atoms with Crippen molar-refractivity contribution in [1.82, 2.24) is 9.80 Å². The number of amides is 3. The number of nitrogens with one attached hydrogen (secondary N) is 1. The Morgan fingerprint density at radius 1 is 1.04 bits per heavy atom. The second kappa shape index (κ2) is 7.76. The largest absolute Gasteiger partial charge is 0.339 e. The molecule has 0 aromatic heterocycles. The molecule has 1 saturated heterocycles. The number of carbonyl (C=O) groups is 3. The van der Waals surface area contributed by atoms with Gasteiger partial charge in [-0.2, -0.15) is 0 Å². The van der Waals surface area contributed by atoms with E-state index < -0.39 is 0 Å². The van der Waals surface area contributed by atoms with Crippen LogP contribution in [0.2, 0.25) is 0 Å². The van der Waals surface area contributed by atoms with Gasteiger partial charge >= 0.3 is 0 Å². The Balaban J connectivity index is 1.74. The number of aryl methyl sites for hydroxylation is 1. The average molecular weight is 317 g/mol. The number of carbonyl (C=O) groups excluding carboxylic acids is 3. The third kappa shape index (κ3) is 5.09. The summed E-state index contributed by atoms with van der Waals surface area (Å²) in [6.07, 6.45) is 0.359. The molecular weight excluding hydrogens is 294 g/mol. The van der Waals surface area contributed by atoms with Gasteiger partial charge in [0.1, 0.15) is 0 Å². The normalized spacial score (nSPS) is 14.5. The van der Waals surface area contributed by atoms with Crippen LogP contribution >= 0.6 is 0 Å². The van der Waals surface area contributed by atoms with Gasteiger partial charge < -0.3 is 15.1 Å². The fraction of sp³-hybridized carbons (Fsp3) is 0.471. The highest BCUT2D eigenvalue weighted by molar-refractivity contribution is 5.93. The predicted octanol–water partition coefficient (Wildman–Crippen LogP) is 1.40. The van der Waals surface area contributed by atoms with Crippen molar-refractivity contribution in [3.8, 4) is 0 Å². The fourth-order valence-corrected chi connectivity index (χ4v) is 2.60. The molecule has 1 N–H and O–H groups in total. The highest BCUT2D eigenvalue weighted by atomic mass is 16.2. The van der Waals surface area contributed by atoms with E-state index in [1.807, 2.05) is 31.2 Å². The van der Waals surface area contributed by atoms with Gasteiger partial charge in [-0.25, -0.2) is 0 Å². The van der Waals surface area contributed by atoms with Crippen LogP contribution in [0, 0.1) is 6.92 Å². The predicted molar refractivity (Wildman–Crippen MR) is 87.9 cm³/mol. The summed E-state index contributed by atoms with van der Waals surface area (Å²) in [5, 5.41) is 2.80. The molecule has 0 bridgehead atoms. The summed E-state index contributed by atoms with van der Waals surface area (Å²) in [6.45, 7) is 5.70. The highest BCUT2D eigenvalue weighted by Crippen LogP contribution is 2.11. The van der Waals surface area contributed by atoms with E-state index in [-0.39, 0.29) is 30.6 Å². The molecule has 1 heterocycles. The van der Waals surface area contributed by atoms with Gasteiger partial charge in [-0.1, -0.05) is 12.1 Å². The number of piperazine rings is 1. The summed E-state index contributed by atoms with van der Waals surface area (Å²) in [5.41, 5.74) is 1.82. The summed E-state index contributed by atoms with van der Waals surface area (Å²) in [6, 6.07) is 7.55. The summed E-state index contributed by atoms with van der Waals surface area (Å²) < 4.78 is 0. The maximum Gasteiger partial charge on any atom is 0.224 e. The van der Waals surface area contributed by atoms with Gasteiger partial charge in [0, 0.05) is 51.6 Å². The minimum absolute atomic E-state index is 0.0346. The van der Waals surface area contributed by atoms with Gasteiger partial charge in [-0.3, -0.25) is 14.4 Å². The highest BCUT2D eigenvalue weighted by Gasteiger charge is 2.22. The zero-order valence-corrected chi connectivity index (χ0v) is 13.7. The molecular formula is C17H23N3O3. The summed E-state index contributed by atoms with van der Waals surface area (Å²) in [4.78, 5) is 38.8. The van der Waals surface area contributed by atoms with E-state index in [9.17, 15) is 14.4 Å². The molecule has 0 saturated carbocycles. The quantitative estimate of drug-likeness (QED) is 0.913. The lowest BCUT2D eigenvalue weighted by molar-refractivity contribution is -0.138. The van der Waals surface area contributed by atoms with Crippen molar-refractivity contribution in [2.24, 2.45) is 0 Å². The lowest BCUT2D eigenvalue weighted by Gasteiger charge is -2.34. The molecule has 1 aliphatic rings. The van der Waals surface area contributed by atoms with Crippen LogP contribution in [0.5, 0.6) is 0 Å². The van der Waals surface area contributed by atoms with Crippen molar-refractivity contribution in [2.45, 2.75) is 26.7 Å².